The van der Waals surface area contributed by atoms with Crippen LogP contribution < -0.4 is 15.4 Å². The number of aromatic nitrogens is 3. The number of anilines is 4. The number of nitrogens with one attached hydrogen (secondary N) is 2. The summed E-state index contributed by atoms with van der Waals surface area (Å²) in [6, 6.07) is 14.4. The third kappa shape index (κ3) is 4.94. The van der Waals surface area contributed by atoms with E-state index in [1.807, 2.05) is 44.2 Å². The van der Waals surface area contributed by atoms with Gasteiger partial charge in [0, 0.05) is 5.69 Å². The van der Waals surface area contributed by atoms with Crippen molar-refractivity contribution in [2.75, 3.05) is 17.7 Å². The highest BCUT2D eigenvalue weighted by Crippen LogP contribution is 2.27. The summed E-state index contributed by atoms with van der Waals surface area (Å²) in [5.41, 5.74) is 1.85. The molecule has 0 fully saturated rings. The molecule has 0 saturated carbocycles. The van der Waals surface area contributed by atoms with E-state index in [0.717, 1.165) is 5.69 Å². The second kappa shape index (κ2) is 8.81. The summed E-state index contributed by atoms with van der Waals surface area (Å²) in [6.07, 6.45) is 1.53. The molecule has 2 N–H and O–H groups in total. The van der Waals surface area contributed by atoms with Gasteiger partial charge in [0.2, 0.25) is 5.95 Å². The van der Waals surface area contributed by atoms with Crippen LogP contribution in [-0.2, 0) is 4.74 Å². The lowest BCUT2D eigenvalue weighted by molar-refractivity contribution is 0.0601. The lowest BCUT2D eigenvalue weighted by Crippen LogP contribution is -2.08. The van der Waals surface area contributed by atoms with E-state index < -0.39 is 5.97 Å². The Morgan fingerprint density at radius 1 is 1.07 bits per heavy atom. The summed E-state index contributed by atoms with van der Waals surface area (Å²) in [7, 11) is 1.34. The first-order valence-corrected chi connectivity index (χ1v) is 8.73. The molecular formula is C20H21N5O3. The number of rotatable bonds is 7. The summed E-state index contributed by atoms with van der Waals surface area (Å²) in [5.74, 6) is 1.08. The standard InChI is InChI=1S/C20H21N5O3/c1-13(2)28-17-10-5-4-9-16(17)23-20-24-18(12-21-25-20)22-15-8-6-7-14(11-15)19(26)27-3/h4-13H,1-3H3,(H2,22,23,24,25). The van der Waals surface area contributed by atoms with Gasteiger partial charge in [0.15, 0.2) is 5.82 Å². The molecule has 0 unspecified atom stereocenters. The zero-order chi connectivity index (χ0) is 19.9. The number of para-hydroxylation sites is 2. The maximum Gasteiger partial charge on any atom is 0.337 e. The molecular weight excluding hydrogens is 358 g/mol. The highest BCUT2D eigenvalue weighted by molar-refractivity contribution is 5.90. The number of hydrogen-bond acceptors (Lipinski definition) is 8. The van der Waals surface area contributed by atoms with Crippen LogP contribution in [0.4, 0.5) is 23.1 Å². The Bertz CT molecular complexity index is 962. The number of methoxy groups -OCH3 is 1. The Morgan fingerprint density at radius 3 is 2.68 bits per heavy atom. The van der Waals surface area contributed by atoms with Crippen molar-refractivity contribution in [2.24, 2.45) is 0 Å². The molecule has 8 nitrogen and oxygen atoms in total. The maximum absolute atomic E-state index is 11.7. The van der Waals surface area contributed by atoms with Crippen LogP contribution in [0.2, 0.25) is 0 Å². The molecule has 3 rings (SSSR count). The summed E-state index contributed by atoms with van der Waals surface area (Å²) in [4.78, 5) is 16.1. The van der Waals surface area contributed by atoms with Crippen LogP contribution in [-0.4, -0.2) is 34.4 Å². The number of esters is 1. The van der Waals surface area contributed by atoms with Crippen LogP contribution in [0, 0.1) is 0 Å². The number of carbonyl (C=O) groups excluding carboxylic acids is 1. The highest BCUT2D eigenvalue weighted by atomic mass is 16.5. The first-order valence-electron chi connectivity index (χ1n) is 8.73. The van der Waals surface area contributed by atoms with Gasteiger partial charge in [-0.15, -0.1) is 5.10 Å². The van der Waals surface area contributed by atoms with Crippen molar-refractivity contribution in [1.29, 1.82) is 0 Å². The molecule has 0 aliphatic carbocycles. The van der Waals surface area contributed by atoms with Gasteiger partial charge in [0.05, 0.1) is 30.7 Å². The van der Waals surface area contributed by atoms with Crippen LogP contribution in [0.25, 0.3) is 0 Å². The zero-order valence-corrected chi connectivity index (χ0v) is 15.8. The predicted octanol–water partition coefficient (Wildman–Crippen LogP) is 3.93. The van der Waals surface area contributed by atoms with E-state index in [0.29, 0.717) is 28.8 Å². The summed E-state index contributed by atoms with van der Waals surface area (Å²) < 4.78 is 10.5. The minimum atomic E-state index is -0.409. The van der Waals surface area contributed by atoms with Crippen molar-refractivity contribution in [3.63, 3.8) is 0 Å². The van der Waals surface area contributed by atoms with E-state index in [1.54, 1.807) is 18.2 Å². The Labute approximate surface area is 162 Å². The van der Waals surface area contributed by atoms with Crippen LogP contribution in [0.1, 0.15) is 24.2 Å². The molecule has 0 bridgehead atoms. The van der Waals surface area contributed by atoms with Crippen molar-refractivity contribution < 1.29 is 14.3 Å². The van der Waals surface area contributed by atoms with Crippen LogP contribution in [0.3, 0.4) is 0 Å². The number of hydrogen-bond donors (Lipinski definition) is 2. The van der Waals surface area contributed by atoms with E-state index in [4.69, 9.17) is 9.47 Å². The van der Waals surface area contributed by atoms with Gasteiger partial charge in [-0.3, -0.25) is 0 Å². The summed E-state index contributed by atoms with van der Waals surface area (Å²) >= 11 is 0. The summed E-state index contributed by atoms with van der Waals surface area (Å²) in [5, 5.41) is 14.2. The lowest BCUT2D eigenvalue weighted by Gasteiger charge is -2.14. The second-order valence-corrected chi connectivity index (χ2v) is 6.15. The molecule has 3 aromatic rings. The van der Waals surface area contributed by atoms with Crippen molar-refractivity contribution in [3.8, 4) is 5.75 Å². The fourth-order valence-electron chi connectivity index (χ4n) is 2.45. The van der Waals surface area contributed by atoms with Gasteiger partial charge in [0.1, 0.15) is 5.75 Å². The SMILES string of the molecule is COC(=O)c1cccc(Nc2cnnc(Nc3ccccc3OC(C)C)n2)c1. The third-order valence-electron chi connectivity index (χ3n) is 3.61. The molecule has 8 heteroatoms. The number of carbonyl (C=O) groups is 1. The number of nitrogens with zero attached hydrogens (tertiary/aromatic N) is 3. The van der Waals surface area contributed by atoms with E-state index in [9.17, 15) is 4.79 Å². The van der Waals surface area contributed by atoms with Crippen molar-refractivity contribution in [1.82, 2.24) is 15.2 Å². The topological polar surface area (TPSA) is 98.3 Å². The van der Waals surface area contributed by atoms with E-state index in [2.05, 4.69) is 25.8 Å². The summed E-state index contributed by atoms with van der Waals surface area (Å²) in [6.45, 7) is 3.92. The van der Waals surface area contributed by atoms with E-state index in [1.165, 1.54) is 13.3 Å². The van der Waals surface area contributed by atoms with Crippen LogP contribution in [0.15, 0.2) is 54.7 Å². The molecule has 0 atom stereocenters. The Hall–Kier alpha value is -3.68. The quantitative estimate of drug-likeness (QED) is 0.596. The average molecular weight is 379 g/mol. The van der Waals surface area contributed by atoms with Crippen LogP contribution >= 0.6 is 0 Å². The minimum Gasteiger partial charge on any atom is -0.489 e. The minimum absolute atomic E-state index is 0.0390. The molecule has 144 valence electrons. The van der Waals surface area contributed by atoms with E-state index in [-0.39, 0.29) is 6.10 Å². The molecule has 1 heterocycles. The van der Waals surface area contributed by atoms with Gasteiger partial charge < -0.3 is 20.1 Å². The molecule has 0 amide bonds. The predicted molar refractivity (Wildman–Crippen MR) is 106 cm³/mol. The third-order valence-corrected chi connectivity index (χ3v) is 3.61. The molecule has 0 saturated heterocycles. The largest absolute Gasteiger partial charge is 0.489 e. The molecule has 0 spiro atoms. The molecule has 2 aromatic carbocycles. The lowest BCUT2D eigenvalue weighted by atomic mass is 10.2. The zero-order valence-electron chi connectivity index (χ0n) is 15.8. The highest BCUT2D eigenvalue weighted by Gasteiger charge is 2.09. The van der Waals surface area contributed by atoms with Gasteiger partial charge in [-0.2, -0.15) is 10.1 Å². The van der Waals surface area contributed by atoms with Gasteiger partial charge in [-0.1, -0.05) is 18.2 Å². The van der Waals surface area contributed by atoms with Gasteiger partial charge in [0.25, 0.3) is 0 Å². The maximum atomic E-state index is 11.7. The fraction of sp³-hybridized carbons (Fsp3) is 0.200. The number of ether oxygens (including phenoxy) is 2. The molecule has 28 heavy (non-hydrogen) atoms. The van der Waals surface area contributed by atoms with Crippen LogP contribution in [0.5, 0.6) is 5.75 Å². The van der Waals surface area contributed by atoms with E-state index >= 15 is 0 Å². The Balaban J connectivity index is 1.78. The fourth-order valence-corrected chi connectivity index (χ4v) is 2.45. The van der Waals surface area contributed by atoms with Gasteiger partial charge in [-0.05, 0) is 44.2 Å². The normalized spacial score (nSPS) is 10.4. The van der Waals surface area contributed by atoms with Crippen molar-refractivity contribution in [2.45, 2.75) is 20.0 Å². The smallest absolute Gasteiger partial charge is 0.337 e. The van der Waals surface area contributed by atoms with Gasteiger partial charge in [-0.25, -0.2) is 4.79 Å². The average Bonchev–Trinajstić information content (AvgIpc) is 2.69. The Kier molecular flexibility index (Phi) is 6.01. The second-order valence-electron chi connectivity index (χ2n) is 6.15. The molecule has 0 radical (unpaired) electrons. The number of benzene rings is 2. The monoisotopic (exact) mass is 379 g/mol. The van der Waals surface area contributed by atoms with Crippen molar-refractivity contribution >= 4 is 29.1 Å². The van der Waals surface area contributed by atoms with Gasteiger partial charge >= 0.3 is 5.97 Å². The first-order chi connectivity index (χ1) is 13.5. The molecule has 0 aliphatic heterocycles. The molecule has 1 aromatic heterocycles. The Morgan fingerprint density at radius 2 is 1.89 bits per heavy atom. The van der Waals surface area contributed by atoms with Crippen molar-refractivity contribution in [3.05, 3.63) is 60.3 Å². The molecule has 0 aliphatic rings. The first kappa shape index (κ1) is 19.1.